The maximum atomic E-state index is 10.9. The van der Waals surface area contributed by atoms with Crippen LogP contribution < -0.4 is 16.0 Å². The monoisotopic (exact) mass is 434 g/mol. The van der Waals surface area contributed by atoms with Gasteiger partial charge in [0.25, 0.3) is 0 Å². The molecule has 4 rings (SSSR count). The fourth-order valence-corrected chi connectivity index (χ4v) is 3.62. The van der Waals surface area contributed by atoms with E-state index in [2.05, 4.69) is 21.1 Å². The van der Waals surface area contributed by atoms with E-state index in [9.17, 15) is 4.79 Å². The van der Waals surface area contributed by atoms with Gasteiger partial charge in [0.05, 0.1) is 16.1 Å². The van der Waals surface area contributed by atoms with Gasteiger partial charge in [-0.2, -0.15) is 0 Å². The van der Waals surface area contributed by atoms with Crippen molar-refractivity contribution in [3.8, 4) is 11.1 Å². The Labute approximate surface area is 185 Å². The Kier molecular flexibility index (Phi) is 6.50. The Morgan fingerprint density at radius 2 is 1.87 bits per heavy atom. The molecule has 0 fully saturated rings. The Bertz CT molecular complexity index is 1190. The summed E-state index contributed by atoms with van der Waals surface area (Å²) in [5, 5.41) is 15.1. The van der Waals surface area contributed by atoms with Gasteiger partial charge < -0.3 is 20.5 Å². The highest BCUT2D eigenvalue weighted by atomic mass is 35.5. The molecule has 0 saturated carbocycles. The summed E-state index contributed by atoms with van der Waals surface area (Å²) in [6, 6.07) is 21.8. The summed E-state index contributed by atoms with van der Waals surface area (Å²) in [6.45, 7) is 3.46. The standard InChI is InChI=1S/C24H23ClN4O2/c1-16(30)27-13-12-26-15-17-10-11-22-20(14-17)24(29-31-22)28-21-9-5-8-19(23(21)25)18-6-3-2-4-7-18/h2-11,14,26H,12-13,15H2,1H3,(H,27,30)(H,28,29). The van der Waals surface area contributed by atoms with E-state index in [4.69, 9.17) is 16.1 Å². The highest BCUT2D eigenvalue weighted by Crippen LogP contribution is 2.36. The van der Waals surface area contributed by atoms with Crippen molar-refractivity contribution in [3.05, 3.63) is 77.3 Å². The van der Waals surface area contributed by atoms with Gasteiger partial charge in [-0.1, -0.05) is 65.3 Å². The molecule has 0 unspecified atom stereocenters. The quantitative estimate of drug-likeness (QED) is 0.335. The lowest BCUT2D eigenvalue weighted by molar-refractivity contribution is -0.118. The first kappa shape index (κ1) is 20.9. The molecule has 0 aliphatic carbocycles. The van der Waals surface area contributed by atoms with E-state index < -0.39 is 0 Å². The maximum absolute atomic E-state index is 10.9. The van der Waals surface area contributed by atoms with Crippen LogP contribution in [0.4, 0.5) is 11.5 Å². The second-order valence-corrected chi connectivity index (χ2v) is 7.56. The molecule has 6 nitrogen and oxygen atoms in total. The van der Waals surface area contributed by atoms with Crippen molar-refractivity contribution in [3.63, 3.8) is 0 Å². The maximum Gasteiger partial charge on any atom is 0.216 e. The minimum absolute atomic E-state index is 0.0293. The van der Waals surface area contributed by atoms with Crippen molar-refractivity contribution >= 4 is 40.0 Å². The molecule has 0 spiro atoms. The molecule has 0 aliphatic heterocycles. The molecular formula is C24H23ClN4O2. The van der Waals surface area contributed by atoms with E-state index in [1.165, 1.54) is 6.92 Å². The Morgan fingerprint density at radius 3 is 2.68 bits per heavy atom. The normalized spacial score (nSPS) is 10.9. The molecule has 0 radical (unpaired) electrons. The van der Waals surface area contributed by atoms with E-state index in [1.54, 1.807) is 0 Å². The number of amides is 1. The van der Waals surface area contributed by atoms with Crippen LogP contribution in [0, 0.1) is 0 Å². The predicted molar refractivity (Wildman–Crippen MR) is 125 cm³/mol. The van der Waals surface area contributed by atoms with Gasteiger partial charge in [0.2, 0.25) is 5.91 Å². The fraction of sp³-hybridized carbons (Fsp3) is 0.167. The third-order valence-corrected chi connectivity index (χ3v) is 5.28. The lowest BCUT2D eigenvalue weighted by Gasteiger charge is -2.11. The molecule has 1 aromatic heterocycles. The lowest BCUT2D eigenvalue weighted by Crippen LogP contribution is -2.29. The number of hydrogen-bond donors (Lipinski definition) is 3. The number of nitrogens with zero attached hydrogens (tertiary/aromatic N) is 1. The van der Waals surface area contributed by atoms with E-state index in [1.807, 2.05) is 66.7 Å². The summed E-state index contributed by atoms with van der Waals surface area (Å²) in [7, 11) is 0. The van der Waals surface area contributed by atoms with Crippen molar-refractivity contribution in [2.24, 2.45) is 0 Å². The van der Waals surface area contributed by atoms with Crippen LogP contribution in [0.5, 0.6) is 0 Å². The van der Waals surface area contributed by atoms with Crippen LogP contribution in [0.15, 0.2) is 71.3 Å². The van der Waals surface area contributed by atoms with Gasteiger partial charge in [-0.15, -0.1) is 0 Å². The van der Waals surface area contributed by atoms with Crippen LogP contribution in [0.25, 0.3) is 22.1 Å². The predicted octanol–water partition coefficient (Wildman–Crippen LogP) is 5.12. The van der Waals surface area contributed by atoms with Crippen molar-refractivity contribution in [1.82, 2.24) is 15.8 Å². The van der Waals surface area contributed by atoms with E-state index in [0.717, 1.165) is 27.8 Å². The zero-order valence-corrected chi connectivity index (χ0v) is 17.9. The molecule has 7 heteroatoms. The summed E-state index contributed by atoms with van der Waals surface area (Å²) in [5.74, 6) is 0.584. The molecule has 4 aromatic rings. The van der Waals surface area contributed by atoms with Crippen LogP contribution in [0.1, 0.15) is 12.5 Å². The van der Waals surface area contributed by atoms with Crippen LogP contribution in [0.3, 0.4) is 0 Å². The second kappa shape index (κ2) is 9.64. The molecule has 0 aliphatic rings. The number of carbonyl (C=O) groups is 1. The third kappa shape index (κ3) is 5.05. The summed E-state index contributed by atoms with van der Waals surface area (Å²) >= 11 is 6.70. The highest BCUT2D eigenvalue weighted by molar-refractivity contribution is 6.36. The van der Waals surface area contributed by atoms with Gasteiger partial charge in [-0.05, 0) is 29.3 Å². The van der Waals surface area contributed by atoms with E-state index in [0.29, 0.717) is 36.1 Å². The number of benzene rings is 3. The number of hydrogen-bond acceptors (Lipinski definition) is 5. The Morgan fingerprint density at radius 1 is 1.03 bits per heavy atom. The Balaban J connectivity index is 1.52. The van der Waals surface area contributed by atoms with E-state index >= 15 is 0 Å². The molecule has 1 heterocycles. The second-order valence-electron chi connectivity index (χ2n) is 7.18. The van der Waals surface area contributed by atoms with Crippen molar-refractivity contribution in [2.75, 3.05) is 18.4 Å². The zero-order chi connectivity index (χ0) is 21.6. The number of aromatic nitrogens is 1. The van der Waals surface area contributed by atoms with E-state index in [-0.39, 0.29) is 5.91 Å². The fourth-order valence-electron chi connectivity index (χ4n) is 3.34. The number of rotatable bonds is 8. The summed E-state index contributed by atoms with van der Waals surface area (Å²) in [4.78, 5) is 10.9. The molecular weight excluding hydrogens is 412 g/mol. The van der Waals surface area contributed by atoms with Gasteiger partial charge in [-0.3, -0.25) is 4.79 Å². The van der Waals surface area contributed by atoms with Crippen LogP contribution >= 0.6 is 11.6 Å². The largest absolute Gasteiger partial charge is 0.355 e. The Hall–Kier alpha value is -3.35. The SMILES string of the molecule is CC(=O)NCCNCc1ccc2onc(Nc3cccc(-c4ccccc4)c3Cl)c2c1. The molecule has 1 amide bonds. The number of carbonyl (C=O) groups excluding carboxylic acids is 1. The lowest BCUT2D eigenvalue weighted by atomic mass is 10.0. The van der Waals surface area contributed by atoms with Crippen LogP contribution in [0.2, 0.25) is 5.02 Å². The van der Waals surface area contributed by atoms with Crippen LogP contribution in [-0.2, 0) is 11.3 Å². The summed E-state index contributed by atoms with van der Waals surface area (Å²) < 4.78 is 5.48. The number of anilines is 2. The van der Waals surface area contributed by atoms with Crippen molar-refractivity contribution in [1.29, 1.82) is 0 Å². The first-order valence-electron chi connectivity index (χ1n) is 10.1. The van der Waals surface area contributed by atoms with Crippen molar-refractivity contribution < 1.29 is 9.32 Å². The summed E-state index contributed by atoms with van der Waals surface area (Å²) in [6.07, 6.45) is 0. The molecule has 31 heavy (non-hydrogen) atoms. The first-order valence-corrected chi connectivity index (χ1v) is 10.4. The minimum Gasteiger partial charge on any atom is -0.355 e. The van der Waals surface area contributed by atoms with Gasteiger partial charge >= 0.3 is 0 Å². The molecule has 158 valence electrons. The van der Waals surface area contributed by atoms with Crippen molar-refractivity contribution in [2.45, 2.75) is 13.5 Å². The topological polar surface area (TPSA) is 79.2 Å². The van der Waals surface area contributed by atoms with Crippen LogP contribution in [-0.4, -0.2) is 24.2 Å². The first-order chi connectivity index (χ1) is 15.1. The van der Waals surface area contributed by atoms with Gasteiger partial charge in [-0.25, -0.2) is 0 Å². The average Bonchev–Trinajstić information content (AvgIpc) is 3.17. The van der Waals surface area contributed by atoms with Gasteiger partial charge in [0.15, 0.2) is 11.4 Å². The summed E-state index contributed by atoms with van der Waals surface area (Å²) in [5.41, 5.74) is 4.54. The number of fused-ring (bicyclic) bond motifs is 1. The molecule has 0 saturated heterocycles. The smallest absolute Gasteiger partial charge is 0.216 e. The number of halogens is 1. The molecule has 3 N–H and O–H groups in total. The zero-order valence-electron chi connectivity index (χ0n) is 17.1. The van der Waals surface area contributed by atoms with Gasteiger partial charge in [0.1, 0.15) is 0 Å². The molecule has 3 aromatic carbocycles. The third-order valence-electron chi connectivity index (χ3n) is 4.88. The molecule has 0 bridgehead atoms. The number of nitrogens with one attached hydrogen (secondary N) is 3. The van der Waals surface area contributed by atoms with Gasteiger partial charge in [0, 0.05) is 32.1 Å². The highest BCUT2D eigenvalue weighted by Gasteiger charge is 2.13. The minimum atomic E-state index is -0.0293. The molecule has 0 atom stereocenters. The average molecular weight is 435 g/mol.